The van der Waals surface area contributed by atoms with Crippen molar-refractivity contribution in [1.29, 1.82) is 0 Å². The Bertz CT molecular complexity index is 1220. The number of ketones is 1. The Morgan fingerprint density at radius 3 is 2.74 bits per heavy atom. The summed E-state index contributed by atoms with van der Waals surface area (Å²) in [7, 11) is -3.41. The topological polar surface area (TPSA) is 100 Å². The molecule has 0 amide bonds. The maximum Gasteiger partial charge on any atom is 0.176 e. The number of aromatic nitrogens is 2. The fourth-order valence-corrected chi connectivity index (χ4v) is 6.24. The summed E-state index contributed by atoms with van der Waals surface area (Å²) >= 11 is 7.75. The molecule has 1 aliphatic carbocycles. The SMILES string of the molecule is CS(=O)(=O)c1ccc(C(C[C@H]2CCC(=O)C2)c2ccc(-c3ncc(CO)s3)[nH]2)cc1Cl. The van der Waals surface area contributed by atoms with E-state index in [1.807, 2.05) is 12.1 Å². The van der Waals surface area contributed by atoms with Crippen LogP contribution in [0, 0.1) is 5.92 Å². The number of hydrogen-bond acceptors (Lipinski definition) is 6. The van der Waals surface area contributed by atoms with Crippen molar-refractivity contribution in [1.82, 2.24) is 9.97 Å². The minimum atomic E-state index is -3.41. The minimum Gasteiger partial charge on any atom is -0.391 e. The molecule has 164 valence electrons. The Morgan fingerprint density at radius 1 is 1.32 bits per heavy atom. The van der Waals surface area contributed by atoms with Crippen molar-refractivity contribution in [3.05, 3.63) is 57.7 Å². The molecule has 1 unspecified atom stereocenters. The van der Waals surface area contributed by atoms with E-state index in [2.05, 4.69) is 9.97 Å². The van der Waals surface area contributed by atoms with E-state index >= 15 is 0 Å². The van der Waals surface area contributed by atoms with Crippen molar-refractivity contribution in [2.24, 2.45) is 5.92 Å². The lowest BCUT2D eigenvalue weighted by Crippen LogP contribution is -2.09. The lowest BCUT2D eigenvalue weighted by Gasteiger charge is -2.21. The first kappa shape index (κ1) is 22.2. The highest BCUT2D eigenvalue weighted by Gasteiger charge is 2.28. The lowest BCUT2D eigenvalue weighted by molar-refractivity contribution is -0.117. The summed E-state index contributed by atoms with van der Waals surface area (Å²) in [6.07, 6.45) is 5.62. The van der Waals surface area contributed by atoms with Crippen LogP contribution >= 0.6 is 22.9 Å². The predicted octanol–water partition coefficient (Wildman–Crippen LogP) is 4.58. The van der Waals surface area contributed by atoms with Crippen LogP contribution < -0.4 is 0 Å². The number of carbonyl (C=O) groups excluding carboxylic acids is 1. The highest BCUT2D eigenvalue weighted by atomic mass is 35.5. The Kier molecular flexibility index (Phi) is 6.35. The maximum absolute atomic E-state index is 12.0. The summed E-state index contributed by atoms with van der Waals surface area (Å²) in [5.74, 6) is 0.507. The number of rotatable bonds is 7. The summed E-state index contributed by atoms with van der Waals surface area (Å²) in [5, 5.41) is 10.3. The molecule has 6 nitrogen and oxygen atoms in total. The zero-order chi connectivity index (χ0) is 22.2. The molecule has 0 saturated heterocycles. The number of sulfone groups is 1. The zero-order valence-corrected chi connectivity index (χ0v) is 19.4. The summed E-state index contributed by atoms with van der Waals surface area (Å²) < 4.78 is 23.9. The van der Waals surface area contributed by atoms with Gasteiger partial charge in [-0.2, -0.15) is 0 Å². The van der Waals surface area contributed by atoms with E-state index in [9.17, 15) is 18.3 Å². The van der Waals surface area contributed by atoms with Crippen LogP contribution in [-0.4, -0.2) is 35.5 Å². The number of hydrogen-bond donors (Lipinski definition) is 2. The van der Waals surface area contributed by atoms with E-state index < -0.39 is 9.84 Å². The number of aromatic amines is 1. The average Bonchev–Trinajstić information content (AvgIpc) is 3.45. The molecule has 4 rings (SSSR count). The zero-order valence-electron chi connectivity index (χ0n) is 17.0. The van der Waals surface area contributed by atoms with Gasteiger partial charge in [0, 0.05) is 36.9 Å². The molecule has 3 aromatic rings. The molecule has 0 bridgehead atoms. The molecule has 2 N–H and O–H groups in total. The Hall–Kier alpha value is -2.00. The molecule has 1 aromatic carbocycles. The largest absolute Gasteiger partial charge is 0.391 e. The quantitative estimate of drug-likeness (QED) is 0.517. The first-order chi connectivity index (χ1) is 14.7. The van der Waals surface area contributed by atoms with E-state index in [4.69, 9.17) is 11.6 Å². The molecule has 0 aliphatic heterocycles. The van der Waals surface area contributed by atoms with Crippen molar-refractivity contribution < 1.29 is 18.3 Å². The molecule has 1 fully saturated rings. The van der Waals surface area contributed by atoms with Gasteiger partial charge in [-0.1, -0.05) is 17.7 Å². The monoisotopic (exact) mass is 478 g/mol. The van der Waals surface area contributed by atoms with Gasteiger partial charge in [-0.3, -0.25) is 4.79 Å². The van der Waals surface area contributed by atoms with Crippen molar-refractivity contribution in [2.45, 2.75) is 43.1 Å². The van der Waals surface area contributed by atoms with E-state index in [1.165, 1.54) is 11.3 Å². The standard InChI is InChI=1S/C22H23ClN2O4S2/c1-31(28,29)21-7-3-14(10-18(21)23)17(9-13-2-4-15(27)8-13)19-5-6-20(25-19)22-24-11-16(12-26)30-22/h3,5-7,10-11,13,17,25-26H,2,4,8-9,12H2,1H3/t13-,17?/m0/s1. The summed E-state index contributed by atoms with van der Waals surface area (Å²) in [5.41, 5.74) is 2.71. The fraction of sp³-hybridized carbons (Fsp3) is 0.364. The van der Waals surface area contributed by atoms with Gasteiger partial charge in [0.25, 0.3) is 0 Å². The van der Waals surface area contributed by atoms with Gasteiger partial charge in [-0.25, -0.2) is 13.4 Å². The Morgan fingerprint density at radius 2 is 2.13 bits per heavy atom. The van der Waals surface area contributed by atoms with Gasteiger partial charge >= 0.3 is 0 Å². The van der Waals surface area contributed by atoms with Crippen LogP contribution in [0.3, 0.4) is 0 Å². The van der Waals surface area contributed by atoms with Crippen LogP contribution in [0.4, 0.5) is 0 Å². The molecule has 9 heteroatoms. The smallest absolute Gasteiger partial charge is 0.176 e. The number of aliphatic hydroxyl groups is 1. The number of carbonyl (C=O) groups is 1. The molecular weight excluding hydrogens is 456 g/mol. The van der Waals surface area contributed by atoms with Gasteiger partial charge in [-0.05, 0) is 48.6 Å². The molecule has 31 heavy (non-hydrogen) atoms. The molecule has 0 radical (unpaired) electrons. The number of nitrogens with one attached hydrogen (secondary N) is 1. The molecule has 2 heterocycles. The second-order valence-corrected chi connectivity index (χ2v) is 11.5. The van der Waals surface area contributed by atoms with Gasteiger partial charge < -0.3 is 10.1 Å². The first-order valence-corrected chi connectivity index (χ1v) is 13.1. The van der Waals surface area contributed by atoms with Crippen molar-refractivity contribution in [3.63, 3.8) is 0 Å². The first-order valence-electron chi connectivity index (χ1n) is 10.0. The second kappa shape index (κ2) is 8.86. The maximum atomic E-state index is 12.0. The van der Waals surface area contributed by atoms with Crippen LogP contribution in [0.15, 0.2) is 41.4 Å². The van der Waals surface area contributed by atoms with Gasteiger partial charge in [0.2, 0.25) is 0 Å². The number of halogens is 1. The van der Waals surface area contributed by atoms with Gasteiger partial charge in [-0.15, -0.1) is 11.3 Å². The molecule has 2 aromatic heterocycles. The van der Waals surface area contributed by atoms with Crippen molar-refractivity contribution >= 4 is 38.6 Å². The van der Waals surface area contributed by atoms with Gasteiger partial charge in [0.15, 0.2) is 9.84 Å². The molecular formula is C22H23ClN2O4S2. The van der Waals surface area contributed by atoms with Gasteiger partial charge in [0.05, 0.1) is 27.1 Å². The fourth-order valence-electron chi connectivity index (χ4n) is 4.15. The number of benzene rings is 1. The van der Waals surface area contributed by atoms with Crippen molar-refractivity contribution in [2.75, 3.05) is 6.26 Å². The van der Waals surface area contributed by atoms with Crippen LogP contribution in [0.2, 0.25) is 5.02 Å². The normalized spacial score (nSPS) is 17.9. The number of thiazole rings is 1. The van der Waals surface area contributed by atoms with Crippen LogP contribution in [0.5, 0.6) is 0 Å². The van der Waals surface area contributed by atoms with Crippen LogP contribution in [-0.2, 0) is 21.2 Å². The minimum absolute atomic E-state index is 0.0469. The summed E-state index contributed by atoms with van der Waals surface area (Å²) in [6, 6.07) is 9.02. The van der Waals surface area contributed by atoms with E-state index in [-0.39, 0.29) is 28.4 Å². The summed E-state index contributed by atoms with van der Waals surface area (Å²) in [6.45, 7) is -0.0469. The third kappa shape index (κ3) is 4.92. The molecule has 1 saturated carbocycles. The summed E-state index contributed by atoms with van der Waals surface area (Å²) in [4.78, 5) is 20.5. The number of Topliss-reactive ketones (excluding diaryl/α,β-unsaturated/α-hetero) is 1. The molecule has 1 aliphatic rings. The highest BCUT2D eigenvalue weighted by Crippen LogP contribution is 2.39. The van der Waals surface area contributed by atoms with Crippen molar-refractivity contribution in [3.8, 4) is 10.7 Å². The number of aliphatic hydroxyl groups excluding tert-OH is 1. The molecule has 2 atom stereocenters. The third-order valence-corrected chi connectivity index (χ3v) is 8.29. The average molecular weight is 479 g/mol. The van der Waals surface area contributed by atoms with Crippen LogP contribution in [0.25, 0.3) is 10.7 Å². The van der Waals surface area contributed by atoms with Crippen LogP contribution in [0.1, 0.15) is 47.7 Å². The van der Waals surface area contributed by atoms with Gasteiger partial charge in [0.1, 0.15) is 10.8 Å². The molecule has 0 spiro atoms. The predicted molar refractivity (Wildman–Crippen MR) is 121 cm³/mol. The third-order valence-electron chi connectivity index (χ3n) is 5.70. The van der Waals surface area contributed by atoms with E-state index in [0.717, 1.165) is 45.9 Å². The Balaban J connectivity index is 1.70. The number of nitrogens with zero attached hydrogens (tertiary/aromatic N) is 1. The highest BCUT2D eigenvalue weighted by molar-refractivity contribution is 7.90. The van der Waals surface area contributed by atoms with E-state index in [0.29, 0.717) is 18.6 Å². The Labute approximate surface area is 190 Å². The van der Waals surface area contributed by atoms with E-state index in [1.54, 1.807) is 24.4 Å². The number of H-pyrrole nitrogens is 1. The lowest BCUT2D eigenvalue weighted by atomic mass is 9.86. The second-order valence-electron chi connectivity index (χ2n) is 8.02.